The number of halogens is 3. The Bertz CT molecular complexity index is 479. The van der Waals surface area contributed by atoms with Gasteiger partial charge in [-0.25, -0.2) is 0 Å². The van der Waals surface area contributed by atoms with E-state index < -0.39 is 11.7 Å². The van der Waals surface area contributed by atoms with Crippen LogP contribution in [-0.2, 0) is 15.7 Å². The number of anilines is 1. The van der Waals surface area contributed by atoms with Gasteiger partial charge < -0.3 is 10.1 Å². The lowest BCUT2D eigenvalue weighted by atomic mass is 10.0. The van der Waals surface area contributed by atoms with Crippen molar-refractivity contribution in [2.75, 3.05) is 18.5 Å². The van der Waals surface area contributed by atoms with Gasteiger partial charge >= 0.3 is 6.18 Å². The number of alkyl halides is 3. The van der Waals surface area contributed by atoms with Gasteiger partial charge in [0.15, 0.2) is 0 Å². The first kappa shape index (κ1) is 13.9. The Kier molecular flexibility index (Phi) is 3.80. The normalized spacial score (nSPS) is 19.5. The Morgan fingerprint density at radius 1 is 1.42 bits per heavy atom. The number of hydrogen-bond donors (Lipinski definition) is 1. The highest BCUT2D eigenvalue weighted by Crippen LogP contribution is 2.34. The molecule has 1 N–H and O–H groups in total. The van der Waals surface area contributed by atoms with Gasteiger partial charge in [-0.05, 0) is 31.0 Å². The molecular formula is C13H14F3NO2. The summed E-state index contributed by atoms with van der Waals surface area (Å²) in [5, 5.41) is 2.55. The first-order chi connectivity index (χ1) is 8.89. The summed E-state index contributed by atoms with van der Waals surface area (Å²) in [6.45, 7) is 2.19. The quantitative estimate of drug-likeness (QED) is 0.899. The second-order valence-corrected chi connectivity index (χ2v) is 4.53. The summed E-state index contributed by atoms with van der Waals surface area (Å²) in [5.41, 5.74) is -0.498. The summed E-state index contributed by atoms with van der Waals surface area (Å²) in [7, 11) is 0. The fourth-order valence-electron chi connectivity index (χ4n) is 2.05. The zero-order valence-corrected chi connectivity index (χ0v) is 10.4. The van der Waals surface area contributed by atoms with Crippen LogP contribution in [0.2, 0.25) is 0 Å². The third kappa shape index (κ3) is 3.07. The van der Waals surface area contributed by atoms with E-state index in [1.54, 1.807) is 0 Å². The van der Waals surface area contributed by atoms with Gasteiger partial charge in [-0.3, -0.25) is 4.79 Å². The molecular weight excluding hydrogens is 259 g/mol. The number of carbonyl (C=O) groups is 1. The number of ether oxygens (including phenoxy) is 1. The van der Waals surface area contributed by atoms with Crippen LogP contribution in [0.5, 0.6) is 0 Å². The van der Waals surface area contributed by atoms with Crippen LogP contribution in [0.1, 0.15) is 17.5 Å². The van der Waals surface area contributed by atoms with Crippen LogP contribution in [0, 0.1) is 12.8 Å². The van der Waals surface area contributed by atoms with Crippen LogP contribution in [0.15, 0.2) is 18.2 Å². The van der Waals surface area contributed by atoms with Gasteiger partial charge in [-0.15, -0.1) is 0 Å². The molecule has 6 heteroatoms. The fraction of sp³-hybridized carbons (Fsp3) is 0.462. The average Bonchev–Trinajstić information content (AvgIpc) is 2.83. The lowest BCUT2D eigenvalue weighted by Gasteiger charge is -2.16. The Hall–Kier alpha value is -1.56. The van der Waals surface area contributed by atoms with E-state index in [9.17, 15) is 18.0 Å². The minimum atomic E-state index is -4.42. The van der Waals surface area contributed by atoms with Gasteiger partial charge in [-0.1, -0.05) is 6.07 Å². The number of carbonyl (C=O) groups excluding carboxylic acids is 1. The first-order valence-electron chi connectivity index (χ1n) is 5.95. The second-order valence-electron chi connectivity index (χ2n) is 4.53. The lowest BCUT2D eigenvalue weighted by Crippen LogP contribution is -2.23. The molecule has 3 nitrogen and oxygen atoms in total. The van der Waals surface area contributed by atoms with Crippen LogP contribution < -0.4 is 5.32 Å². The molecule has 0 aromatic heterocycles. The Balaban J connectivity index is 2.19. The number of hydrogen-bond acceptors (Lipinski definition) is 2. The second kappa shape index (κ2) is 5.21. The maximum absolute atomic E-state index is 12.7. The van der Waals surface area contributed by atoms with E-state index in [1.807, 2.05) is 0 Å². The van der Waals surface area contributed by atoms with Crippen LogP contribution in [0.3, 0.4) is 0 Å². The van der Waals surface area contributed by atoms with Gasteiger partial charge in [0.1, 0.15) is 0 Å². The van der Waals surface area contributed by atoms with Crippen molar-refractivity contribution in [1.82, 2.24) is 0 Å². The summed E-state index contributed by atoms with van der Waals surface area (Å²) in [6.07, 6.45) is -3.81. The highest BCUT2D eigenvalue weighted by molar-refractivity contribution is 5.93. The molecule has 1 atom stereocenters. The first-order valence-corrected chi connectivity index (χ1v) is 5.95. The molecule has 1 fully saturated rings. The van der Waals surface area contributed by atoms with Crippen molar-refractivity contribution in [2.24, 2.45) is 5.92 Å². The van der Waals surface area contributed by atoms with Gasteiger partial charge in [0.25, 0.3) is 0 Å². The van der Waals surface area contributed by atoms with Crippen molar-refractivity contribution in [2.45, 2.75) is 19.5 Å². The van der Waals surface area contributed by atoms with Crippen molar-refractivity contribution < 1.29 is 22.7 Å². The van der Waals surface area contributed by atoms with E-state index in [4.69, 9.17) is 4.74 Å². The Morgan fingerprint density at radius 2 is 2.16 bits per heavy atom. The Morgan fingerprint density at radius 3 is 2.74 bits per heavy atom. The van der Waals surface area contributed by atoms with Crippen molar-refractivity contribution in [1.29, 1.82) is 0 Å². The summed E-state index contributed by atoms with van der Waals surface area (Å²) in [6, 6.07) is 3.76. The van der Waals surface area contributed by atoms with E-state index in [0.29, 0.717) is 19.6 Å². The van der Waals surface area contributed by atoms with Gasteiger partial charge in [-0.2, -0.15) is 13.2 Å². The van der Waals surface area contributed by atoms with E-state index in [-0.39, 0.29) is 23.1 Å². The van der Waals surface area contributed by atoms with Crippen molar-refractivity contribution in [3.05, 3.63) is 29.3 Å². The third-order valence-electron chi connectivity index (χ3n) is 3.20. The van der Waals surface area contributed by atoms with Crippen molar-refractivity contribution >= 4 is 11.6 Å². The van der Waals surface area contributed by atoms with Crippen LogP contribution in [-0.4, -0.2) is 19.1 Å². The zero-order valence-electron chi connectivity index (χ0n) is 10.4. The number of rotatable bonds is 2. The largest absolute Gasteiger partial charge is 0.416 e. The fourth-order valence-corrected chi connectivity index (χ4v) is 2.05. The maximum atomic E-state index is 12.7. The summed E-state index contributed by atoms with van der Waals surface area (Å²) in [4.78, 5) is 11.9. The molecule has 1 saturated heterocycles. The molecule has 104 valence electrons. The summed E-state index contributed by atoms with van der Waals surface area (Å²) in [5.74, 6) is -0.575. The predicted molar refractivity (Wildman–Crippen MR) is 63.7 cm³/mol. The van der Waals surface area contributed by atoms with Crippen LogP contribution in [0.4, 0.5) is 18.9 Å². The average molecular weight is 273 g/mol. The Labute approximate surface area is 108 Å². The zero-order chi connectivity index (χ0) is 14.0. The van der Waals surface area contributed by atoms with E-state index in [1.165, 1.54) is 19.1 Å². The number of nitrogens with one attached hydrogen (secondary N) is 1. The number of amides is 1. The van der Waals surface area contributed by atoms with Gasteiger partial charge in [0.2, 0.25) is 5.91 Å². The van der Waals surface area contributed by atoms with Crippen molar-refractivity contribution in [3.8, 4) is 0 Å². The van der Waals surface area contributed by atoms with Crippen LogP contribution >= 0.6 is 0 Å². The molecule has 1 aliphatic rings. The monoisotopic (exact) mass is 273 g/mol. The van der Waals surface area contributed by atoms with E-state index in [0.717, 1.165) is 6.07 Å². The molecule has 2 rings (SSSR count). The summed E-state index contributed by atoms with van der Waals surface area (Å²) >= 11 is 0. The topological polar surface area (TPSA) is 38.3 Å². The van der Waals surface area contributed by atoms with Crippen LogP contribution in [0.25, 0.3) is 0 Å². The standard InChI is InChI=1S/C13H14F3NO2/c1-8-10(13(14,15)16)3-2-4-11(8)17-12(18)9-5-6-19-7-9/h2-4,9H,5-7H2,1H3,(H,17,18)/t9-/m0/s1. The molecule has 0 aliphatic carbocycles. The van der Waals surface area contributed by atoms with E-state index >= 15 is 0 Å². The molecule has 1 aromatic rings. The highest BCUT2D eigenvalue weighted by atomic mass is 19.4. The smallest absolute Gasteiger partial charge is 0.381 e. The molecule has 0 saturated carbocycles. The summed E-state index contributed by atoms with van der Waals surface area (Å²) < 4.78 is 43.3. The maximum Gasteiger partial charge on any atom is 0.416 e. The molecule has 0 radical (unpaired) electrons. The molecule has 1 aliphatic heterocycles. The highest BCUT2D eigenvalue weighted by Gasteiger charge is 2.33. The molecule has 1 amide bonds. The molecule has 0 spiro atoms. The number of benzene rings is 1. The molecule has 1 heterocycles. The van der Waals surface area contributed by atoms with Gasteiger partial charge in [0.05, 0.1) is 18.1 Å². The minimum absolute atomic E-state index is 0.0299. The molecule has 0 bridgehead atoms. The lowest BCUT2D eigenvalue weighted by molar-refractivity contribution is -0.138. The molecule has 1 aromatic carbocycles. The molecule has 19 heavy (non-hydrogen) atoms. The van der Waals surface area contributed by atoms with Crippen molar-refractivity contribution in [3.63, 3.8) is 0 Å². The third-order valence-corrected chi connectivity index (χ3v) is 3.20. The molecule has 0 unspecified atom stereocenters. The predicted octanol–water partition coefficient (Wildman–Crippen LogP) is 2.99. The van der Waals surface area contributed by atoms with Gasteiger partial charge in [0, 0.05) is 12.3 Å². The SMILES string of the molecule is Cc1c(NC(=O)[C@H]2CCOC2)cccc1C(F)(F)F. The minimum Gasteiger partial charge on any atom is -0.381 e. The van der Waals surface area contributed by atoms with E-state index in [2.05, 4.69) is 5.32 Å².